The molecule has 206 valence electrons. The lowest BCUT2D eigenvalue weighted by Gasteiger charge is -2.22. The van der Waals surface area contributed by atoms with Crippen molar-refractivity contribution in [3.8, 4) is 5.75 Å². The normalized spacial score (nSPS) is 11.4. The van der Waals surface area contributed by atoms with Crippen LogP contribution in [-0.2, 0) is 20.7 Å². The van der Waals surface area contributed by atoms with Crippen LogP contribution >= 0.6 is 0 Å². The Morgan fingerprint density at radius 3 is 2.36 bits per heavy atom. The van der Waals surface area contributed by atoms with Gasteiger partial charge in [0.2, 0.25) is 5.91 Å². The van der Waals surface area contributed by atoms with Gasteiger partial charge in [0.25, 0.3) is 0 Å². The van der Waals surface area contributed by atoms with Gasteiger partial charge in [-0.2, -0.15) is 0 Å². The summed E-state index contributed by atoms with van der Waals surface area (Å²) in [5.74, 6) is -0.595. The zero-order chi connectivity index (χ0) is 28.5. The Balaban J connectivity index is 1.70. The maximum Gasteiger partial charge on any atom is 0.326 e. The second-order valence-corrected chi connectivity index (χ2v) is 9.19. The molecule has 3 rings (SSSR count). The van der Waals surface area contributed by atoms with Gasteiger partial charge in [-0.3, -0.25) is 14.5 Å². The number of likely N-dealkylation sites (N-methyl/N-ethyl adjacent to an activating group) is 1. The predicted octanol–water partition coefficient (Wildman–Crippen LogP) is 5.43. The van der Waals surface area contributed by atoms with Gasteiger partial charge in [0.05, 0.1) is 25.3 Å². The van der Waals surface area contributed by atoms with Crippen molar-refractivity contribution in [1.29, 1.82) is 0 Å². The first-order chi connectivity index (χ1) is 18.6. The Kier molecular flexibility index (Phi) is 10.1. The van der Waals surface area contributed by atoms with Crippen molar-refractivity contribution < 1.29 is 29.0 Å². The number of rotatable bonds is 11. The first kappa shape index (κ1) is 29.2. The van der Waals surface area contributed by atoms with E-state index in [2.05, 4.69) is 5.32 Å². The number of nitrogens with zero attached hydrogens (tertiary/aromatic N) is 2. The molecule has 0 aliphatic heterocycles. The summed E-state index contributed by atoms with van der Waals surface area (Å²) in [6.07, 6.45) is 0.0385. The number of para-hydroxylation sites is 1. The van der Waals surface area contributed by atoms with E-state index in [0.29, 0.717) is 23.5 Å². The van der Waals surface area contributed by atoms with Crippen molar-refractivity contribution in [3.05, 3.63) is 83.4 Å². The molecule has 0 aliphatic carbocycles. The second kappa shape index (κ2) is 13.4. The lowest BCUT2D eigenvalue weighted by molar-refractivity contribution is -0.137. The van der Waals surface area contributed by atoms with Crippen LogP contribution in [0.2, 0.25) is 0 Å². The molecule has 3 aromatic carbocycles. The predicted molar refractivity (Wildman–Crippen MR) is 152 cm³/mol. The summed E-state index contributed by atoms with van der Waals surface area (Å²) < 4.78 is 11.0. The highest BCUT2D eigenvalue weighted by molar-refractivity contribution is 6.02. The van der Waals surface area contributed by atoms with Gasteiger partial charge in [-0.25, -0.2) is 4.79 Å². The quantitative estimate of drug-likeness (QED) is 0.340. The number of aliphatic carboxylic acids is 1. The van der Waals surface area contributed by atoms with Gasteiger partial charge < -0.3 is 24.8 Å². The SMILES string of the molecule is COc1cc(CC(=O)N(C)c2cccc(C(CCC(=O)O)OC)c2)ccc1NC(=O)N(C)c1ccccc1C. The first-order valence-electron chi connectivity index (χ1n) is 12.5. The van der Waals surface area contributed by atoms with Crippen LogP contribution in [0.4, 0.5) is 21.9 Å². The Labute approximate surface area is 229 Å². The second-order valence-electron chi connectivity index (χ2n) is 9.19. The van der Waals surface area contributed by atoms with Gasteiger partial charge in [-0.05, 0) is 60.4 Å². The van der Waals surface area contributed by atoms with E-state index in [9.17, 15) is 14.4 Å². The van der Waals surface area contributed by atoms with Crippen molar-refractivity contribution in [3.63, 3.8) is 0 Å². The number of amides is 3. The maximum absolute atomic E-state index is 13.1. The molecule has 2 N–H and O–H groups in total. The minimum Gasteiger partial charge on any atom is -0.495 e. The fraction of sp³-hybridized carbons (Fsp3) is 0.300. The zero-order valence-corrected chi connectivity index (χ0v) is 22.9. The first-order valence-corrected chi connectivity index (χ1v) is 12.5. The molecule has 0 spiro atoms. The summed E-state index contributed by atoms with van der Waals surface area (Å²) in [4.78, 5) is 40.0. The Bertz CT molecular complexity index is 1330. The number of urea groups is 1. The van der Waals surface area contributed by atoms with Gasteiger partial charge in [-0.15, -0.1) is 0 Å². The summed E-state index contributed by atoms with van der Waals surface area (Å²) in [6, 6.07) is 19.8. The van der Waals surface area contributed by atoms with Crippen LogP contribution in [0.1, 0.15) is 35.6 Å². The number of carbonyl (C=O) groups is 3. The Hall–Kier alpha value is -4.37. The molecule has 0 fully saturated rings. The minimum atomic E-state index is -0.889. The van der Waals surface area contributed by atoms with E-state index in [1.165, 1.54) is 19.1 Å². The van der Waals surface area contributed by atoms with Gasteiger partial charge >= 0.3 is 12.0 Å². The van der Waals surface area contributed by atoms with Crippen molar-refractivity contribution in [2.45, 2.75) is 32.3 Å². The number of nitrogens with one attached hydrogen (secondary N) is 1. The molecular formula is C30H35N3O6. The molecule has 0 radical (unpaired) electrons. The highest BCUT2D eigenvalue weighted by Crippen LogP contribution is 2.29. The Morgan fingerprint density at radius 2 is 1.69 bits per heavy atom. The monoisotopic (exact) mass is 533 g/mol. The number of carboxylic acid groups (broad SMARTS) is 1. The fourth-order valence-corrected chi connectivity index (χ4v) is 4.24. The van der Waals surface area contributed by atoms with E-state index in [1.807, 2.05) is 55.5 Å². The largest absolute Gasteiger partial charge is 0.495 e. The molecule has 0 heterocycles. The van der Waals surface area contributed by atoms with Crippen LogP contribution in [0.25, 0.3) is 0 Å². The molecule has 0 aromatic heterocycles. The van der Waals surface area contributed by atoms with E-state index >= 15 is 0 Å². The molecule has 0 saturated carbocycles. The summed E-state index contributed by atoms with van der Waals surface area (Å²) in [5.41, 5.74) is 4.46. The highest BCUT2D eigenvalue weighted by atomic mass is 16.5. The molecule has 0 aliphatic rings. The van der Waals surface area contributed by atoms with Crippen molar-refractivity contribution in [2.75, 3.05) is 43.4 Å². The molecule has 1 unspecified atom stereocenters. The van der Waals surface area contributed by atoms with E-state index in [4.69, 9.17) is 14.6 Å². The summed E-state index contributed by atoms with van der Waals surface area (Å²) in [6.45, 7) is 1.94. The third-order valence-electron chi connectivity index (χ3n) is 6.55. The third kappa shape index (κ3) is 7.58. The van der Waals surface area contributed by atoms with Gasteiger partial charge in [0, 0.05) is 39.0 Å². The molecule has 3 aromatic rings. The van der Waals surface area contributed by atoms with Crippen LogP contribution < -0.4 is 19.9 Å². The standard InChI is InChI=1S/C30H35N3O6/c1-20-9-6-7-12-25(20)33(3)30(37)31-24-14-13-21(17-27(24)39-5)18-28(34)32(2)23-11-8-10-22(19-23)26(38-4)15-16-29(35)36/h6-14,17,19,26H,15-16,18H2,1-5H3,(H,31,37)(H,35,36). The highest BCUT2D eigenvalue weighted by Gasteiger charge is 2.19. The smallest absolute Gasteiger partial charge is 0.326 e. The topological polar surface area (TPSA) is 108 Å². The molecule has 9 heteroatoms. The molecule has 9 nitrogen and oxygen atoms in total. The number of benzene rings is 3. The van der Waals surface area contributed by atoms with E-state index < -0.39 is 5.97 Å². The van der Waals surface area contributed by atoms with Crippen LogP contribution in [0.3, 0.4) is 0 Å². The average Bonchev–Trinajstić information content (AvgIpc) is 2.93. The third-order valence-corrected chi connectivity index (χ3v) is 6.55. The number of anilines is 3. The van der Waals surface area contributed by atoms with E-state index in [-0.39, 0.29) is 30.9 Å². The van der Waals surface area contributed by atoms with Crippen LogP contribution in [0.15, 0.2) is 66.7 Å². The summed E-state index contributed by atoms with van der Waals surface area (Å²) >= 11 is 0. The summed E-state index contributed by atoms with van der Waals surface area (Å²) in [7, 11) is 6.43. The molecule has 0 bridgehead atoms. The van der Waals surface area contributed by atoms with E-state index in [1.54, 1.807) is 37.2 Å². The Morgan fingerprint density at radius 1 is 0.949 bits per heavy atom. The van der Waals surface area contributed by atoms with Crippen molar-refractivity contribution in [2.24, 2.45) is 0 Å². The minimum absolute atomic E-state index is 0.0159. The number of carbonyl (C=O) groups excluding carboxylic acids is 2. The van der Waals surface area contributed by atoms with Gasteiger partial charge in [0.15, 0.2) is 0 Å². The van der Waals surface area contributed by atoms with Gasteiger partial charge in [-0.1, -0.05) is 36.4 Å². The lowest BCUT2D eigenvalue weighted by atomic mass is 10.0. The number of methoxy groups -OCH3 is 2. The maximum atomic E-state index is 13.1. The van der Waals surface area contributed by atoms with Crippen LogP contribution in [0.5, 0.6) is 5.75 Å². The number of carboxylic acids is 1. The molecular weight excluding hydrogens is 498 g/mol. The van der Waals surface area contributed by atoms with Gasteiger partial charge in [0.1, 0.15) is 5.75 Å². The number of hydrogen-bond acceptors (Lipinski definition) is 5. The average molecular weight is 534 g/mol. The van der Waals surface area contributed by atoms with Crippen molar-refractivity contribution >= 4 is 35.0 Å². The molecule has 3 amide bonds. The van der Waals surface area contributed by atoms with Crippen LogP contribution in [0, 0.1) is 6.92 Å². The zero-order valence-electron chi connectivity index (χ0n) is 22.9. The van der Waals surface area contributed by atoms with Crippen molar-refractivity contribution in [1.82, 2.24) is 0 Å². The molecule has 39 heavy (non-hydrogen) atoms. The lowest BCUT2D eigenvalue weighted by Crippen LogP contribution is -2.31. The van der Waals surface area contributed by atoms with E-state index in [0.717, 1.165) is 22.4 Å². The number of ether oxygens (including phenoxy) is 2. The number of aryl methyl sites for hydroxylation is 1. The summed E-state index contributed by atoms with van der Waals surface area (Å²) in [5, 5.41) is 11.9. The number of hydrogen-bond donors (Lipinski definition) is 2. The van der Waals surface area contributed by atoms with Crippen LogP contribution in [-0.4, -0.2) is 51.3 Å². The molecule has 1 atom stereocenters. The molecule has 0 saturated heterocycles. The fourth-order valence-electron chi connectivity index (χ4n) is 4.24.